The van der Waals surface area contributed by atoms with E-state index in [1.165, 1.54) is 0 Å². The normalized spacial score (nSPS) is 10.8. The zero-order valence-electron chi connectivity index (χ0n) is 10.9. The van der Waals surface area contributed by atoms with Crippen LogP contribution in [0, 0.1) is 6.92 Å². The van der Waals surface area contributed by atoms with Gasteiger partial charge in [-0.1, -0.05) is 12.1 Å². The fraction of sp³-hybridized carbons (Fsp3) is 0.143. The lowest BCUT2D eigenvalue weighted by Gasteiger charge is -2.00. The van der Waals surface area contributed by atoms with E-state index in [1.54, 1.807) is 25.3 Å². The molecule has 6 heteroatoms. The third-order valence-corrected chi connectivity index (χ3v) is 3.00. The fourth-order valence-electron chi connectivity index (χ4n) is 2.04. The van der Waals surface area contributed by atoms with E-state index in [4.69, 9.17) is 10.2 Å². The standard InChI is InChI=1S/C14H14N4O2/c1-8-6-16-12(20-8)7-17-14(19)11-5-9-3-2-4-10(15)13(9)18-11/h2-6,18H,7,15H2,1H3,(H,17,19). The summed E-state index contributed by atoms with van der Waals surface area (Å²) in [4.78, 5) is 19.1. The number of nitrogens with zero attached hydrogens (tertiary/aromatic N) is 1. The molecule has 2 aromatic heterocycles. The maximum absolute atomic E-state index is 12.1. The highest BCUT2D eigenvalue weighted by atomic mass is 16.4. The summed E-state index contributed by atoms with van der Waals surface area (Å²) in [5.74, 6) is 0.968. The van der Waals surface area contributed by atoms with E-state index < -0.39 is 0 Å². The van der Waals surface area contributed by atoms with Crippen LogP contribution in [-0.4, -0.2) is 15.9 Å². The number of nitrogen functional groups attached to an aromatic ring is 1. The number of aromatic nitrogens is 2. The molecule has 2 heterocycles. The van der Waals surface area contributed by atoms with Crippen molar-refractivity contribution in [3.8, 4) is 0 Å². The molecule has 0 aliphatic carbocycles. The Bertz CT molecular complexity index is 772. The topological polar surface area (TPSA) is 96.9 Å². The molecule has 0 saturated carbocycles. The number of benzene rings is 1. The van der Waals surface area contributed by atoms with Crippen molar-refractivity contribution in [2.24, 2.45) is 0 Å². The minimum absolute atomic E-state index is 0.226. The smallest absolute Gasteiger partial charge is 0.268 e. The Hall–Kier alpha value is -2.76. The Labute approximate surface area is 115 Å². The number of aryl methyl sites for hydroxylation is 1. The van der Waals surface area contributed by atoms with Crippen molar-refractivity contribution in [1.29, 1.82) is 0 Å². The minimum atomic E-state index is -0.226. The molecule has 0 unspecified atom stereocenters. The number of amides is 1. The maximum Gasteiger partial charge on any atom is 0.268 e. The second kappa shape index (κ2) is 4.73. The van der Waals surface area contributed by atoms with Gasteiger partial charge in [-0.3, -0.25) is 4.79 Å². The first-order valence-electron chi connectivity index (χ1n) is 6.20. The molecule has 0 aliphatic heterocycles. The molecule has 3 aromatic rings. The average Bonchev–Trinajstić information content (AvgIpc) is 3.03. The zero-order chi connectivity index (χ0) is 14.1. The number of rotatable bonds is 3. The second-order valence-corrected chi connectivity index (χ2v) is 4.54. The van der Waals surface area contributed by atoms with Gasteiger partial charge in [0.05, 0.1) is 23.9 Å². The number of nitrogens with two attached hydrogens (primary N) is 1. The molecule has 0 saturated heterocycles. The number of hydrogen-bond donors (Lipinski definition) is 3. The number of fused-ring (bicyclic) bond motifs is 1. The predicted octanol–water partition coefficient (Wildman–Crippen LogP) is 1.98. The third kappa shape index (κ3) is 2.23. The van der Waals surface area contributed by atoms with Crippen LogP contribution in [0.4, 0.5) is 5.69 Å². The zero-order valence-corrected chi connectivity index (χ0v) is 10.9. The number of hydrogen-bond acceptors (Lipinski definition) is 4. The lowest BCUT2D eigenvalue weighted by Crippen LogP contribution is -2.23. The van der Waals surface area contributed by atoms with Gasteiger partial charge in [0.15, 0.2) is 0 Å². The molecule has 0 spiro atoms. The highest BCUT2D eigenvalue weighted by molar-refractivity contribution is 6.00. The summed E-state index contributed by atoms with van der Waals surface area (Å²) in [7, 11) is 0. The third-order valence-electron chi connectivity index (χ3n) is 3.00. The van der Waals surface area contributed by atoms with Gasteiger partial charge < -0.3 is 20.5 Å². The molecular weight excluding hydrogens is 256 g/mol. The molecule has 1 aromatic carbocycles. The Morgan fingerprint density at radius 1 is 1.50 bits per heavy atom. The molecule has 0 aliphatic rings. The Morgan fingerprint density at radius 2 is 2.35 bits per heavy atom. The van der Waals surface area contributed by atoms with Crippen LogP contribution in [0.15, 0.2) is 34.9 Å². The molecule has 102 valence electrons. The van der Waals surface area contributed by atoms with E-state index in [1.807, 2.05) is 12.1 Å². The van der Waals surface area contributed by atoms with E-state index in [9.17, 15) is 4.79 Å². The summed E-state index contributed by atoms with van der Waals surface area (Å²) >= 11 is 0. The highest BCUT2D eigenvalue weighted by Crippen LogP contribution is 2.21. The van der Waals surface area contributed by atoms with Crippen LogP contribution >= 0.6 is 0 Å². The van der Waals surface area contributed by atoms with Crippen LogP contribution in [-0.2, 0) is 6.54 Å². The number of H-pyrrole nitrogens is 1. The van der Waals surface area contributed by atoms with Gasteiger partial charge in [0.25, 0.3) is 5.91 Å². The number of oxazole rings is 1. The lowest BCUT2D eigenvalue weighted by molar-refractivity contribution is 0.0943. The maximum atomic E-state index is 12.1. The molecule has 0 atom stereocenters. The molecule has 4 N–H and O–H groups in total. The van der Waals surface area contributed by atoms with Crippen LogP contribution < -0.4 is 11.1 Å². The molecule has 20 heavy (non-hydrogen) atoms. The van der Waals surface area contributed by atoms with Crippen LogP contribution in [0.1, 0.15) is 22.1 Å². The molecule has 0 fully saturated rings. The number of carbonyl (C=O) groups is 1. The van der Waals surface area contributed by atoms with Crippen molar-refractivity contribution < 1.29 is 9.21 Å². The molecule has 3 rings (SSSR count). The molecule has 6 nitrogen and oxygen atoms in total. The summed E-state index contributed by atoms with van der Waals surface area (Å²) in [5.41, 5.74) is 7.69. The van der Waals surface area contributed by atoms with E-state index >= 15 is 0 Å². The second-order valence-electron chi connectivity index (χ2n) is 4.54. The van der Waals surface area contributed by atoms with Crippen LogP contribution in [0.25, 0.3) is 10.9 Å². The number of nitrogens with one attached hydrogen (secondary N) is 2. The van der Waals surface area contributed by atoms with Gasteiger partial charge in [0, 0.05) is 5.39 Å². The number of anilines is 1. The summed E-state index contributed by atoms with van der Waals surface area (Å²) in [6.07, 6.45) is 1.62. The highest BCUT2D eigenvalue weighted by Gasteiger charge is 2.11. The average molecular weight is 270 g/mol. The first-order valence-corrected chi connectivity index (χ1v) is 6.20. The van der Waals surface area contributed by atoms with Gasteiger partial charge in [0.2, 0.25) is 5.89 Å². The van der Waals surface area contributed by atoms with E-state index in [0.717, 1.165) is 10.9 Å². The van der Waals surface area contributed by atoms with Crippen molar-refractivity contribution in [2.75, 3.05) is 5.73 Å². The Morgan fingerprint density at radius 3 is 3.05 bits per heavy atom. The summed E-state index contributed by atoms with van der Waals surface area (Å²) in [6, 6.07) is 7.30. The van der Waals surface area contributed by atoms with Crippen LogP contribution in [0.2, 0.25) is 0 Å². The fourth-order valence-corrected chi connectivity index (χ4v) is 2.04. The van der Waals surface area contributed by atoms with Crippen molar-refractivity contribution in [2.45, 2.75) is 13.5 Å². The Balaban J connectivity index is 1.77. The summed E-state index contributed by atoms with van der Waals surface area (Å²) in [6.45, 7) is 2.05. The largest absolute Gasteiger partial charge is 0.444 e. The van der Waals surface area contributed by atoms with E-state index in [-0.39, 0.29) is 12.5 Å². The lowest BCUT2D eigenvalue weighted by atomic mass is 10.2. The Kier molecular flexibility index (Phi) is 2.90. The molecular formula is C14H14N4O2. The van der Waals surface area contributed by atoms with Crippen LogP contribution in [0.5, 0.6) is 0 Å². The summed E-state index contributed by atoms with van der Waals surface area (Å²) < 4.78 is 5.29. The monoisotopic (exact) mass is 270 g/mol. The van der Waals surface area contributed by atoms with Gasteiger partial charge >= 0.3 is 0 Å². The van der Waals surface area contributed by atoms with Crippen molar-refractivity contribution in [3.05, 3.63) is 47.8 Å². The first kappa shape index (κ1) is 12.3. The number of aromatic amines is 1. The summed E-state index contributed by atoms with van der Waals surface area (Å²) in [5, 5.41) is 3.65. The van der Waals surface area contributed by atoms with Crippen LogP contribution in [0.3, 0.4) is 0 Å². The van der Waals surface area contributed by atoms with E-state index in [2.05, 4.69) is 15.3 Å². The van der Waals surface area contributed by atoms with Gasteiger partial charge in [-0.25, -0.2) is 4.98 Å². The SMILES string of the molecule is Cc1cnc(CNC(=O)c2cc3cccc(N)c3[nH]2)o1. The van der Waals surface area contributed by atoms with Gasteiger partial charge in [-0.05, 0) is 19.1 Å². The van der Waals surface area contributed by atoms with Gasteiger partial charge in [-0.15, -0.1) is 0 Å². The number of carbonyl (C=O) groups excluding carboxylic acids is 1. The number of para-hydroxylation sites is 1. The molecule has 1 amide bonds. The minimum Gasteiger partial charge on any atom is -0.444 e. The van der Waals surface area contributed by atoms with Crippen molar-refractivity contribution in [1.82, 2.24) is 15.3 Å². The van der Waals surface area contributed by atoms with Crippen molar-refractivity contribution in [3.63, 3.8) is 0 Å². The van der Waals surface area contributed by atoms with Gasteiger partial charge in [-0.2, -0.15) is 0 Å². The van der Waals surface area contributed by atoms with Gasteiger partial charge in [0.1, 0.15) is 11.5 Å². The van der Waals surface area contributed by atoms with E-state index in [0.29, 0.717) is 23.0 Å². The molecule has 0 bridgehead atoms. The van der Waals surface area contributed by atoms with Crippen molar-refractivity contribution >= 4 is 22.5 Å². The predicted molar refractivity (Wildman–Crippen MR) is 75.1 cm³/mol. The molecule has 0 radical (unpaired) electrons. The quantitative estimate of drug-likeness (QED) is 0.634. The first-order chi connectivity index (χ1) is 9.63.